The van der Waals surface area contributed by atoms with Crippen molar-refractivity contribution in [3.63, 3.8) is 0 Å². The Labute approximate surface area is 149 Å². The van der Waals surface area contributed by atoms with Gasteiger partial charge in [0.1, 0.15) is 11.5 Å². The number of likely N-dealkylation sites (tertiary alicyclic amines) is 1. The molecule has 1 amide bonds. The van der Waals surface area contributed by atoms with E-state index in [1.165, 1.54) is 0 Å². The molecule has 6 nitrogen and oxygen atoms in total. The van der Waals surface area contributed by atoms with Crippen molar-refractivity contribution < 1.29 is 19.0 Å². The van der Waals surface area contributed by atoms with E-state index in [1.54, 1.807) is 7.11 Å². The van der Waals surface area contributed by atoms with Crippen LogP contribution in [0.4, 0.5) is 0 Å². The van der Waals surface area contributed by atoms with E-state index in [0.29, 0.717) is 19.1 Å². The summed E-state index contributed by atoms with van der Waals surface area (Å²) in [5.41, 5.74) is 0. The molecule has 0 saturated carbocycles. The number of methoxy groups -OCH3 is 1. The minimum Gasteiger partial charge on any atom is -0.497 e. The van der Waals surface area contributed by atoms with Crippen molar-refractivity contribution in [2.75, 3.05) is 59.7 Å². The maximum absolute atomic E-state index is 12.5. The fraction of sp³-hybridized carbons (Fsp3) is 0.632. The number of nitrogens with zero attached hydrogens (tertiary/aromatic N) is 2. The van der Waals surface area contributed by atoms with Gasteiger partial charge in [-0.3, -0.25) is 9.69 Å². The smallest absolute Gasteiger partial charge is 0.236 e. The molecule has 0 unspecified atom stereocenters. The summed E-state index contributed by atoms with van der Waals surface area (Å²) >= 11 is 0. The molecule has 1 atom stereocenters. The molecule has 0 aliphatic carbocycles. The summed E-state index contributed by atoms with van der Waals surface area (Å²) in [7, 11) is 1.65. The van der Waals surface area contributed by atoms with Gasteiger partial charge in [0.05, 0.1) is 33.5 Å². The van der Waals surface area contributed by atoms with E-state index in [-0.39, 0.29) is 5.91 Å². The molecule has 0 N–H and O–H groups in total. The lowest BCUT2D eigenvalue weighted by atomic mass is 9.99. The van der Waals surface area contributed by atoms with Crippen molar-refractivity contribution in [2.45, 2.75) is 12.8 Å². The van der Waals surface area contributed by atoms with E-state index in [1.807, 2.05) is 29.2 Å². The van der Waals surface area contributed by atoms with E-state index >= 15 is 0 Å². The van der Waals surface area contributed by atoms with E-state index in [4.69, 9.17) is 14.2 Å². The Bertz CT molecular complexity index is 543. The summed E-state index contributed by atoms with van der Waals surface area (Å²) in [4.78, 5) is 16.7. The first-order valence-corrected chi connectivity index (χ1v) is 9.09. The Morgan fingerprint density at radius 3 is 2.60 bits per heavy atom. The van der Waals surface area contributed by atoms with Crippen LogP contribution in [0.2, 0.25) is 0 Å². The first kappa shape index (κ1) is 18.0. The van der Waals surface area contributed by atoms with Crippen LogP contribution in [0.3, 0.4) is 0 Å². The Hall–Kier alpha value is -1.79. The third kappa shape index (κ3) is 5.34. The lowest BCUT2D eigenvalue weighted by Crippen LogP contribution is -2.48. The van der Waals surface area contributed by atoms with Gasteiger partial charge in [0.25, 0.3) is 0 Å². The summed E-state index contributed by atoms with van der Waals surface area (Å²) in [6, 6.07) is 7.63. The second kappa shape index (κ2) is 9.06. The van der Waals surface area contributed by atoms with Crippen molar-refractivity contribution in [2.24, 2.45) is 5.92 Å². The third-order valence-corrected chi connectivity index (χ3v) is 4.88. The molecule has 1 aromatic carbocycles. The van der Waals surface area contributed by atoms with Gasteiger partial charge in [-0.2, -0.15) is 0 Å². The number of carbonyl (C=O) groups is 1. The highest BCUT2D eigenvalue weighted by Crippen LogP contribution is 2.21. The van der Waals surface area contributed by atoms with E-state index < -0.39 is 0 Å². The Balaban J connectivity index is 1.44. The van der Waals surface area contributed by atoms with E-state index in [9.17, 15) is 4.79 Å². The van der Waals surface area contributed by atoms with Crippen LogP contribution in [0.5, 0.6) is 11.5 Å². The second-order valence-corrected chi connectivity index (χ2v) is 6.72. The number of hydrogen-bond donors (Lipinski definition) is 0. The van der Waals surface area contributed by atoms with Crippen molar-refractivity contribution >= 4 is 5.91 Å². The van der Waals surface area contributed by atoms with Gasteiger partial charge < -0.3 is 19.1 Å². The Morgan fingerprint density at radius 1 is 1.16 bits per heavy atom. The van der Waals surface area contributed by atoms with Crippen LogP contribution in [0, 0.1) is 5.92 Å². The fourth-order valence-corrected chi connectivity index (χ4v) is 3.36. The third-order valence-electron chi connectivity index (χ3n) is 4.88. The van der Waals surface area contributed by atoms with Gasteiger partial charge in [0.15, 0.2) is 0 Å². The zero-order valence-corrected chi connectivity index (χ0v) is 15.0. The number of rotatable bonds is 6. The number of ether oxygens (including phenoxy) is 3. The van der Waals surface area contributed by atoms with Crippen molar-refractivity contribution in [3.05, 3.63) is 24.3 Å². The van der Waals surface area contributed by atoms with Gasteiger partial charge in [-0.15, -0.1) is 0 Å². The number of hydrogen-bond acceptors (Lipinski definition) is 5. The second-order valence-electron chi connectivity index (χ2n) is 6.72. The molecule has 2 heterocycles. The summed E-state index contributed by atoms with van der Waals surface area (Å²) in [6.45, 7) is 5.97. The molecule has 2 aliphatic heterocycles. The van der Waals surface area contributed by atoms with Gasteiger partial charge in [0.2, 0.25) is 5.91 Å². The molecule has 2 saturated heterocycles. The van der Waals surface area contributed by atoms with Crippen molar-refractivity contribution in [3.8, 4) is 11.5 Å². The molecular formula is C19H28N2O4. The highest BCUT2D eigenvalue weighted by atomic mass is 16.5. The lowest BCUT2D eigenvalue weighted by molar-refractivity contribution is -0.135. The molecule has 1 aromatic rings. The molecule has 3 rings (SSSR count). The van der Waals surface area contributed by atoms with E-state index in [2.05, 4.69) is 4.90 Å². The summed E-state index contributed by atoms with van der Waals surface area (Å²) < 4.78 is 16.4. The molecule has 2 fully saturated rings. The normalized spacial score (nSPS) is 21.8. The molecule has 2 aliphatic rings. The molecule has 0 spiro atoms. The predicted molar refractivity (Wildman–Crippen MR) is 95.1 cm³/mol. The molecule has 0 aromatic heterocycles. The number of piperidine rings is 1. The molecule has 25 heavy (non-hydrogen) atoms. The fourth-order valence-electron chi connectivity index (χ4n) is 3.36. The maximum Gasteiger partial charge on any atom is 0.236 e. The van der Waals surface area contributed by atoms with Gasteiger partial charge in [-0.1, -0.05) is 0 Å². The van der Waals surface area contributed by atoms with Crippen LogP contribution in [-0.4, -0.2) is 75.4 Å². The highest BCUT2D eigenvalue weighted by Gasteiger charge is 2.25. The Morgan fingerprint density at radius 2 is 1.88 bits per heavy atom. The van der Waals surface area contributed by atoms with Crippen LogP contribution in [0.25, 0.3) is 0 Å². The minimum absolute atomic E-state index is 0.232. The zero-order valence-electron chi connectivity index (χ0n) is 15.0. The summed E-state index contributed by atoms with van der Waals surface area (Å²) in [5.74, 6) is 2.29. The molecule has 0 radical (unpaired) electrons. The maximum atomic E-state index is 12.5. The Kier molecular flexibility index (Phi) is 6.53. The zero-order chi connectivity index (χ0) is 17.5. The monoisotopic (exact) mass is 348 g/mol. The largest absolute Gasteiger partial charge is 0.497 e. The van der Waals surface area contributed by atoms with Gasteiger partial charge in [-0.25, -0.2) is 0 Å². The average molecular weight is 348 g/mol. The average Bonchev–Trinajstić information content (AvgIpc) is 2.68. The van der Waals surface area contributed by atoms with Gasteiger partial charge in [0, 0.05) is 32.1 Å². The SMILES string of the molecule is COc1ccc(OC[C@H]2CCCN(C(=O)CN3CCOCC3)C2)cc1. The van der Waals surface area contributed by atoms with Crippen molar-refractivity contribution in [1.29, 1.82) is 0 Å². The number of carbonyl (C=O) groups excluding carboxylic acids is 1. The quantitative estimate of drug-likeness (QED) is 0.782. The first-order valence-electron chi connectivity index (χ1n) is 9.09. The van der Waals surface area contributed by atoms with E-state index in [0.717, 1.165) is 63.7 Å². The standard InChI is InChI=1S/C19H28N2O4/c1-23-17-4-6-18(7-5-17)25-15-16-3-2-8-21(13-16)19(22)14-20-9-11-24-12-10-20/h4-7,16H,2-3,8-15H2,1H3/t16-/m0/s1. The summed E-state index contributed by atoms with van der Waals surface area (Å²) in [5, 5.41) is 0. The van der Waals surface area contributed by atoms with Crippen molar-refractivity contribution in [1.82, 2.24) is 9.80 Å². The van der Waals surface area contributed by atoms with Crippen LogP contribution >= 0.6 is 0 Å². The van der Waals surface area contributed by atoms with Gasteiger partial charge in [-0.05, 0) is 37.1 Å². The summed E-state index contributed by atoms with van der Waals surface area (Å²) in [6.07, 6.45) is 2.16. The minimum atomic E-state index is 0.232. The van der Waals surface area contributed by atoms with Crippen LogP contribution in [-0.2, 0) is 9.53 Å². The molecular weight excluding hydrogens is 320 g/mol. The van der Waals surface area contributed by atoms with Crippen LogP contribution < -0.4 is 9.47 Å². The number of morpholine rings is 1. The first-order chi connectivity index (χ1) is 12.2. The highest BCUT2D eigenvalue weighted by molar-refractivity contribution is 5.78. The predicted octanol–water partition coefficient (Wildman–Crippen LogP) is 1.64. The number of benzene rings is 1. The molecule has 0 bridgehead atoms. The van der Waals surface area contributed by atoms with Crippen LogP contribution in [0.1, 0.15) is 12.8 Å². The lowest BCUT2D eigenvalue weighted by Gasteiger charge is -2.35. The van der Waals surface area contributed by atoms with Crippen LogP contribution in [0.15, 0.2) is 24.3 Å². The molecule has 6 heteroatoms. The number of amides is 1. The van der Waals surface area contributed by atoms with Gasteiger partial charge >= 0.3 is 0 Å². The topological polar surface area (TPSA) is 51.2 Å². The molecule has 138 valence electrons.